The van der Waals surface area contributed by atoms with Crippen molar-refractivity contribution in [1.82, 2.24) is 15.3 Å². The van der Waals surface area contributed by atoms with Gasteiger partial charge in [-0.25, -0.2) is 18.7 Å². The van der Waals surface area contributed by atoms with Crippen molar-refractivity contribution in [3.8, 4) is 22.8 Å². The fourth-order valence-corrected chi connectivity index (χ4v) is 6.25. The lowest BCUT2D eigenvalue weighted by molar-refractivity contribution is -0.123. The number of nitrogens with zero attached hydrogens (tertiary/aromatic N) is 2. The normalized spacial score (nSPS) is 20.0. The number of aliphatic hydroxyl groups is 1. The molecule has 3 heterocycles. The molecular formula is C34H30Cl2F2N4O5. The van der Waals surface area contributed by atoms with Crippen LogP contribution in [0.5, 0.6) is 11.5 Å². The van der Waals surface area contributed by atoms with Gasteiger partial charge in [0.2, 0.25) is 5.91 Å². The molecule has 1 aliphatic heterocycles. The summed E-state index contributed by atoms with van der Waals surface area (Å²) in [5.74, 6) is -3.04. The highest BCUT2D eigenvalue weighted by Crippen LogP contribution is 2.50. The number of primary amides is 1. The number of halogens is 4. The van der Waals surface area contributed by atoms with Crippen molar-refractivity contribution in [2.24, 2.45) is 11.7 Å². The highest BCUT2D eigenvalue weighted by Gasteiger charge is 2.50. The van der Waals surface area contributed by atoms with Crippen LogP contribution in [-0.4, -0.2) is 46.1 Å². The standard InChI is InChI=1S/C34H30Cl2F2N4O5/c1-15-9-16-10-17(11-23(47-19-5-6-19)27(16)42-30(15)36)31(43)40-13-34(45,18-3-4-18)24-12-21-29(46-14-33(21,2)32(39)44)28(41-24)20-7-8-22(37)25(35)26(20)38/h7-12,18-19,45H,3-6,13-14H2,1-2H3,(H2,39,44)(H,40,43)/t33-,34?/m0/s1. The second kappa shape index (κ2) is 11.3. The van der Waals surface area contributed by atoms with Gasteiger partial charge >= 0.3 is 0 Å². The highest BCUT2D eigenvalue weighted by atomic mass is 35.5. The molecule has 2 aliphatic carbocycles. The zero-order valence-electron chi connectivity index (χ0n) is 25.4. The molecule has 4 aromatic rings. The van der Waals surface area contributed by atoms with Crippen molar-refractivity contribution >= 4 is 45.9 Å². The minimum Gasteiger partial charge on any atom is -0.489 e. The molecule has 2 fully saturated rings. The smallest absolute Gasteiger partial charge is 0.251 e. The molecule has 7 rings (SSSR count). The van der Waals surface area contributed by atoms with Gasteiger partial charge in [0, 0.05) is 22.1 Å². The van der Waals surface area contributed by atoms with E-state index in [9.17, 15) is 19.1 Å². The topological polar surface area (TPSA) is 137 Å². The van der Waals surface area contributed by atoms with Gasteiger partial charge in [0.1, 0.15) is 56.3 Å². The predicted octanol–water partition coefficient (Wildman–Crippen LogP) is 5.89. The summed E-state index contributed by atoms with van der Waals surface area (Å²) in [6, 6.07) is 8.78. The van der Waals surface area contributed by atoms with Crippen LogP contribution in [0.2, 0.25) is 10.2 Å². The summed E-state index contributed by atoms with van der Waals surface area (Å²) < 4.78 is 41.4. The number of carbonyl (C=O) groups is 2. The van der Waals surface area contributed by atoms with E-state index in [0.717, 1.165) is 30.5 Å². The van der Waals surface area contributed by atoms with Crippen LogP contribution in [-0.2, 0) is 15.8 Å². The van der Waals surface area contributed by atoms with Gasteiger partial charge in [0.25, 0.3) is 5.91 Å². The van der Waals surface area contributed by atoms with Crippen LogP contribution < -0.4 is 20.5 Å². The molecule has 0 spiro atoms. The summed E-state index contributed by atoms with van der Waals surface area (Å²) in [5.41, 5.74) is 4.36. The van der Waals surface area contributed by atoms with E-state index in [1.165, 1.54) is 6.07 Å². The average Bonchev–Trinajstić information content (AvgIpc) is 3.98. The first-order valence-corrected chi connectivity index (χ1v) is 16.0. The van der Waals surface area contributed by atoms with Gasteiger partial charge in [-0.05, 0) is 87.4 Å². The number of pyridine rings is 2. The third-order valence-corrected chi connectivity index (χ3v) is 9.94. The Morgan fingerprint density at radius 3 is 2.57 bits per heavy atom. The van der Waals surface area contributed by atoms with Crippen molar-refractivity contribution < 1.29 is 33.0 Å². The third-order valence-electron chi connectivity index (χ3n) is 9.21. The van der Waals surface area contributed by atoms with E-state index in [-0.39, 0.29) is 59.0 Å². The minimum atomic E-state index is -1.74. The lowest BCUT2D eigenvalue weighted by Crippen LogP contribution is -2.44. The number of rotatable bonds is 9. The van der Waals surface area contributed by atoms with Crippen molar-refractivity contribution in [2.75, 3.05) is 13.2 Å². The second-order valence-corrected chi connectivity index (χ2v) is 13.5. The number of aryl methyl sites for hydroxylation is 1. The molecule has 3 aliphatic rings. The number of nitrogens with one attached hydrogen (secondary N) is 1. The quantitative estimate of drug-likeness (QED) is 0.148. The molecule has 4 N–H and O–H groups in total. The number of nitrogens with two attached hydrogens (primary N) is 1. The Morgan fingerprint density at radius 2 is 1.89 bits per heavy atom. The summed E-state index contributed by atoms with van der Waals surface area (Å²) in [7, 11) is 0. The van der Waals surface area contributed by atoms with Gasteiger partial charge < -0.3 is 25.6 Å². The first kappa shape index (κ1) is 31.5. The molecule has 0 radical (unpaired) electrons. The number of carbonyl (C=O) groups excluding carboxylic acids is 2. The molecule has 0 bridgehead atoms. The number of hydrogen-bond donors (Lipinski definition) is 3. The number of benzene rings is 2. The van der Waals surface area contributed by atoms with Gasteiger partial charge in [-0.1, -0.05) is 23.2 Å². The Balaban J connectivity index is 1.28. The molecule has 13 heteroatoms. The monoisotopic (exact) mass is 682 g/mol. The molecule has 244 valence electrons. The maximum atomic E-state index is 15.4. The Kier molecular flexibility index (Phi) is 7.57. The van der Waals surface area contributed by atoms with Gasteiger partial charge in [-0.3, -0.25) is 9.59 Å². The lowest BCUT2D eigenvalue weighted by Gasteiger charge is -2.30. The SMILES string of the molecule is Cc1cc2cc(C(=O)NCC(O)(c3cc4c(c(-c5ccc(F)c(Cl)c5F)n3)OC[C@]4(C)C(N)=O)C3CC3)cc(OC3CC3)c2nc1Cl. The van der Waals surface area contributed by atoms with Crippen molar-refractivity contribution in [2.45, 2.75) is 56.7 Å². The average molecular weight is 684 g/mol. The van der Waals surface area contributed by atoms with Crippen LogP contribution in [0, 0.1) is 24.5 Å². The molecule has 2 aromatic heterocycles. The van der Waals surface area contributed by atoms with Gasteiger partial charge in [-0.2, -0.15) is 0 Å². The Bertz CT molecular complexity index is 2000. The Labute approximate surface area is 278 Å². The zero-order chi connectivity index (χ0) is 33.4. The highest BCUT2D eigenvalue weighted by molar-refractivity contribution is 6.31. The predicted molar refractivity (Wildman–Crippen MR) is 171 cm³/mol. The molecule has 9 nitrogen and oxygen atoms in total. The van der Waals surface area contributed by atoms with Crippen molar-refractivity contribution in [3.63, 3.8) is 0 Å². The lowest BCUT2D eigenvalue weighted by atomic mass is 9.81. The number of amides is 2. The maximum absolute atomic E-state index is 15.4. The van der Waals surface area contributed by atoms with Crippen LogP contribution in [0.25, 0.3) is 22.2 Å². The van der Waals surface area contributed by atoms with E-state index in [0.29, 0.717) is 34.6 Å². The molecule has 2 amide bonds. The second-order valence-electron chi connectivity index (χ2n) is 12.8. The summed E-state index contributed by atoms with van der Waals surface area (Å²) >= 11 is 12.2. The summed E-state index contributed by atoms with van der Waals surface area (Å²) in [6.07, 6.45) is 3.09. The molecule has 47 heavy (non-hydrogen) atoms. The van der Waals surface area contributed by atoms with E-state index in [1.54, 1.807) is 19.1 Å². The van der Waals surface area contributed by atoms with Crippen molar-refractivity contribution in [1.29, 1.82) is 0 Å². The zero-order valence-corrected chi connectivity index (χ0v) is 26.9. The van der Waals surface area contributed by atoms with Crippen LogP contribution in [0.3, 0.4) is 0 Å². The van der Waals surface area contributed by atoms with E-state index < -0.39 is 39.5 Å². The van der Waals surface area contributed by atoms with Crippen molar-refractivity contribution in [3.05, 3.63) is 80.6 Å². The number of hydrogen-bond acceptors (Lipinski definition) is 7. The molecular weight excluding hydrogens is 653 g/mol. The maximum Gasteiger partial charge on any atom is 0.251 e. The van der Waals surface area contributed by atoms with E-state index in [1.807, 2.05) is 13.0 Å². The Hall–Kier alpha value is -4.06. The Morgan fingerprint density at radius 1 is 1.15 bits per heavy atom. The molecule has 2 atom stereocenters. The van der Waals surface area contributed by atoms with Crippen LogP contribution in [0.15, 0.2) is 36.4 Å². The number of ether oxygens (including phenoxy) is 2. The molecule has 1 unspecified atom stereocenters. The van der Waals surface area contributed by atoms with Crippen LogP contribution in [0.4, 0.5) is 8.78 Å². The van der Waals surface area contributed by atoms with Crippen LogP contribution in [0.1, 0.15) is 59.8 Å². The van der Waals surface area contributed by atoms with E-state index in [2.05, 4.69) is 15.3 Å². The molecule has 0 saturated heterocycles. The van der Waals surface area contributed by atoms with E-state index >= 15 is 4.39 Å². The van der Waals surface area contributed by atoms with Gasteiger partial charge in [-0.15, -0.1) is 0 Å². The number of aromatic nitrogens is 2. The summed E-state index contributed by atoms with van der Waals surface area (Å²) in [4.78, 5) is 35.4. The molecule has 2 aromatic carbocycles. The van der Waals surface area contributed by atoms with E-state index in [4.69, 9.17) is 38.4 Å². The first-order chi connectivity index (χ1) is 22.3. The summed E-state index contributed by atoms with van der Waals surface area (Å²) in [6.45, 7) is 2.97. The molecule has 2 saturated carbocycles. The first-order valence-electron chi connectivity index (χ1n) is 15.2. The fraction of sp³-hybridized carbons (Fsp3) is 0.353. The number of fused-ring (bicyclic) bond motifs is 2. The fourth-order valence-electron chi connectivity index (χ4n) is 5.95. The minimum absolute atomic E-state index is 0.0364. The van der Waals surface area contributed by atoms with Gasteiger partial charge in [0.05, 0.1) is 18.3 Å². The van der Waals surface area contributed by atoms with Crippen LogP contribution >= 0.6 is 23.2 Å². The third kappa shape index (κ3) is 5.44. The van der Waals surface area contributed by atoms with Gasteiger partial charge in [0.15, 0.2) is 5.82 Å². The largest absolute Gasteiger partial charge is 0.489 e. The summed E-state index contributed by atoms with van der Waals surface area (Å²) in [5, 5.41) is 15.4.